The minimum Gasteiger partial charge on any atom is -0.304 e. The summed E-state index contributed by atoms with van der Waals surface area (Å²) in [6.45, 7) is 4.37. The lowest BCUT2D eigenvalue weighted by Gasteiger charge is -2.11. The zero-order valence-electron chi connectivity index (χ0n) is 10.8. The molecule has 98 valence electrons. The van der Waals surface area contributed by atoms with Crippen LogP contribution >= 0.6 is 11.3 Å². The molecule has 0 fully saturated rings. The zero-order chi connectivity index (χ0) is 13.8. The van der Waals surface area contributed by atoms with Crippen molar-refractivity contribution in [1.82, 2.24) is 10.3 Å². The maximum atomic E-state index is 13.9. The number of hydrogen-bond acceptors (Lipinski definition) is 4. The number of rotatable bonds is 4. The Labute approximate surface area is 115 Å². The zero-order valence-corrected chi connectivity index (χ0v) is 11.6. The van der Waals surface area contributed by atoms with Crippen LogP contribution in [0.15, 0.2) is 24.4 Å². The van der Waals surface area contributed by atoms with E-state index in [1.54, 1.807) is 23.5 Å². The molecule has 1 unspecified atom stereocenters. The van der Waals surface area contributed by atoms with Crippen molar-refractivity contribution in [2.24, 2.45) is 0 Å². The predicted molar refractivity (Wildman–Crippen MR) is 73.2 cm³/mol. The van der Waals surface area contributed by atoms with E-state index in [1.807, 2.05) is 26.1 Å². The van der Waals surface area contributed by atoms with Crippen molar-refractivity contribution in [2.75, 3.05) is 0 Å². The van der Waals surface area contributed by atoms with Gasteiger partial charge >= 0.3 is 0 Å². The Balaban J connectivity index is 2.05. The predicted octanol–water partition coefficient (Wildman–Crippen LogP) is 3.31. The van der Waals surface area contributed by atoms with Gasteiger partial charge in [-0.1, -0.05) is 12.1 Å². The molecule has 0 spiro atoms. The lowest BCUT2D eigenvalue weighted by atomic mass is 10.1. The van der Waals surface area contributed by atoms with Crippen LogP contribution < -0.4 is 5.32 Å². The van der Waals surface area contributed by atoms with Gasteiger partial charge in [0.15, 0.2) is 0 Å². The van der Waals surface area contributed by atoms with Gasteiger partial charge in [-0.25, -0.2) is 9.37 Å². The fourth-order valence-electron chi connectivity index (χ4n) is 1.73. The summed E-state index contributed by atoms with van der Waals surface area (Å²) in [5.74, 6) is -0.444. The molecule has 0 radical (unpaired) electrons. The molecular weight excluding hydrogens is 261 g/mol. The molecule has 5 heteroatoms. The number of aromatic nitrogens is 1. The summed E-state index contributed by atoms with van der Waals surface area (Å²) in [6, 6.07) is 6.76. The Kier molecular flexibility index (Phi) is 4.25. The molecular formula is C14H14FN3S. The first-order valence-electron chi connectivity index (χ1n) is 5.95. The van der Waals surface area contributed by atoms with E-state index < -0.39 is 5.82 Å². The largest absolute Gasteiger partial charge is 0.304 e. The van der Waals surface area contributed by atoms with Crippen molar-refractivity contribution in [2.45, 2.75) is 26.4 Å². The van der Waals surface area contributed by atoms with Crippen LogP contribution in [0.1, 0.15) is 34.0 Å². The fraction of sp³-hybridized carbons (Fsp3) is 0.286. The molecule has 0 saturated heterocycles. The summed E-state index contributed by atoms with van der Waals surface area (Å²) >= 11 is 1.62. The first-order chi connectivity index (χ1) is 9.11. The van der Waals surface area contributed by atoms with E-state index in [1.165, 1.54) is 6.07 Å². The molecule has 1 heterocycles. The van der Waals surface area contributed by atoms with Crippen molar-refractivity contribution in [3.63, 3.8) is 0 Å². The number of nitrogens with one attached hydrogen (secondary N) is 1. The van der Waals surface area contributed by atoms with Gasteiger partial charge in [-0.15, -0.1) is 11.3 Å². The van der Waals surface area contributed by atoms with Crippen LogP contribution in [0.4, 0.5) is 4.39 Å². The number of hydrogen-bond donors (Lipinski definition) is 1. The van der Waals surface area contributed by atoms with Crippen LogP contribution in [0, 0.1) is 24.1 Å². The minimum absolute atomic E-state index is 0.0591. The van der Waals surface area contributed by atoms with Gasteiger partial charge in [0.1, 0.15) is 16.9 Å². The van der Waals surface area contributed by atoms with Crippen LogP contribution in [-0.2, 0) is 6.54 Å². The van der Waals surface area contributed by atoms with E-state index in [2.05, 4.69) is 10.3 Å². The van der Waals surface area contributed by atoms with Crippen molar-refractivity contribution >= 4 is 11.3 Å². The molecule has 1 aromatic carbocycles. The molecule has 2 aromatic rings. The smallest absolute Gasteiger partial charge is 0.145 e. The van der Waals surface area contributed by atoms with Crippen LogP contribution in [0.2, 0.25) is 0 Å². The second-order valence-corrected chi connectivity index (χ2v) is 5.57. The van der Waals surface area contributed by atoms with Crippen molar-refractivity contribution < 1.29 is 4.39 Å². The highest BCUT2D eigenvalue weighted by atomic mass is 32.1. The average molecular weight is 275 g/mol. The second kappa shape index (κ2) is 5.91. The molecule has 0 aliphatic carbocycles. The van der Waals surface area contributed by atoms with E-state index in [4.69, 9.17) is 5.26 Å². The topological polar surface area (TPSA) is 48.7 Å². The third-order valence-corrected chi connectivity index (χ3v) is 3.90. The number of nitrogens with zero attached hydrogens (tertiary/aromatic N) is 2. The highest BCUT2D eigenvalue weighted by Gasteiger charge is 2.11. The normalized spacial score (nSPS) is 12.1. The van der Waals surface area contributed by atoms with E-state index in [9.17, 15) is 4.39 Å². The third kappa shape index (κ3) is 3.16. The monoisotopic (exact) mass is 275 g/mol. The molecule has 0 aliphatic rings. The number of benzene rings is 1. The SMILES string of the molecule is Cc1cnc(C(C)NCc2cccc(C#N)c2F)s1. The molecule has 0 bridgehead atoms. The lowest BCUT2D eigenvalue weighted by molar-refractivity contribution is 0.541. The molecule has 3 nitrogen and oxygen atoms in total. The first kappa shape index (κ1) is 13.7. The third-order valence-electron chi connectivity index (χ3n) is 2.81. The lowest BCUT2D eigenvalue weighted by Crippen LogP contribution is -2.18. The number of aryl methyl sites for hydroxylation is 1. The van der Waals surface area contributed by atoms with E-state index in [0.29, 0.717) is 12.1 Å². The van der Waals surface area contributed by atoms with Gasteiger partial charge in [0.25, 0.3) is 0 Å². The molecule has 1 N–H and O–H groups in total. The Morgan fingerprint density at radius 1 is 1.53 bits per heavy atom. The van der Waals surface area contributed by atoms with Gasteiger partial charge in [-0.05, 0) is 19.9 Å². The Bertz CT molecular complexity index is 615. The fourth-order valence-corrected chi connectivity index (χ4v) is 2.53. The Morgan fingerprint density at radius 3 is 2.95 bits per heavy atom. The van der Waals surface area contributed by atoms with Gasteiger partial charge in [-0.3, -0.25) is 0 Å². The molecule has 1 atom stereocenters. The maximum absolute atomic E-state index is 13.9. The standard InChI is InChI=1S/C14H14FN3S/c1-9-7-18-14(19-9)10(2)17-8-12-5-3-4-11(6-16)13(12)15/h3-5,7,10,17H,8H2,1-2H3. The molecule has 1 aromatic heterocycles. The quantitative estimate of drug-likeness (QED) is 0.931. The van der Waals surface area contributed by atoms with E-state index in [-0.39, 0.29) is 11.6 Å². The van der Waals surface area contributed by atoms with Crippen molar-refractivity contribution in [3.8, 4) is 6.07 Å². The molecule has 0 saturated carbocycles. The van der Waals surface area contributed by atoms with Gasteiger partial charge < -0.3 is 5.32 Å². The van der Waals surface area contributed by atoms with Crippen LogP contribution in [0.3, 0.4) is 0 Å². The summed E-state index contributed by atoms with van der Waals surface area (Å²) in [5.41, 5.74) is 0.580. The highest BCUT2D eigenvalue weighted by Crippen LogP contribution is 2.20. The molecule has 2 rings (SSSR count). The Morgan fingerprint density at radius 2 is 2.32 bits per heavy atom. The van der Waals surface area contributed by atoms with Gasteiger partial charge in [0.2, 0.25) is 0 Å². The summed E-state index contributed by atoms with van der Waals surface area (Å²) in [6.07, 6.45) is 1.83. The molecule has 19 heavy (non-hydrogen) atoms. The van der Waals surface area contributed by atoms with Gasteiger partial charge in [-0.2, -0.15) is 5.26 Å². The maximum Gasteiger partial charge on any atom is 0.145 e. The van der Waals surface area contributed by atoms with E-state index >= 15 is 0 Å². The van der Waals surface area contributed by atoms with Gasteiger partial charge in [0.05, 0.1) is 11.6 Å². The van der Waals surface area contributed by atoms with Crippen LogP contribution in [0.5, 0.6) is 0 Å². The Hall–Kier alpha value is -1.77. The van der Waals surface area contributed by atoms with Gasteiger partial charge in [0, 0.05) is 23.2 Å². The number of nitriles is 1. The van der Waals surface area contributed by atoms with Crippen molar-refractivity contribution in [1.29, 1.82) is 5.26 Å². The van der Waals surface area contributed by atoms with Crippen LogP contribution in [0.25, 0.3) is 0 Å². The summed E-state index contributed by atoms with van der Waals surface area (Å²) in [4.78, 5) is 5.45. The van der Waals surface area contributed by atoms with Crippen molar-refractivity contribution in [3.05, 3.63) is 51.2 Å². The highest BCUT2D eigenvalue weighted by molar-refractivity contribution is 7.11. The first-order valence-corrected chi connectivity index (χ1v) is 6.76. The number of halogens is 1. The molecule has 0 aliphatic heterocycles. The minimum atomic E-state index is -0.444. The second-order valence-electron chi connectivity index (χ2n) is 4.30. The summed E-state index contributed by atoms with van der Waals surface area (Å²) in [5, 5.41) is 13.0. The summed E-state index contributed by atoms with van der Waals surface area (Å²) < 4.78 is 13.9. The summed E-state index contributed by atoms with van der Waals surface area (Å²) in [7, 11) is 0. The molecule has 0 amide bonds. The van der Waals surface area contributed by atoms with Crippen LogP contribution in [-0.4, -0.2) is 4.98 Å². The average Bonchev–Trinajstić information content (AvgIpc) is 2.84. The number of thiazole rings is 1. The van der Waals surface area contributed by atoms with E-state index in [0.717, 1.165) is 9.88 Å².